The molecule has 0 aromatic carbocycles. The first-order valence-corrected chi connectivity index (χ1v) is 3.82. The Balaban J connectivity index is 2.71. The molecule has 2 nitrogen and oxygen atoms in total. The van der Waals surface area contributed by atoms with E-state index in [2.05, 4.69) is 22.4 Å². The van der Waals surface area contributed by atoms with Crippen LogP contribution >= 0.6 is 0 Å². The smallest absolute Gasteiger partial charge is 0.120 e. The zero-order chi connectivity index (χ0) is 8.10. The maximum atomic E-state index is 5.18. The number of hydrogen-bond donors (Lipinski definition) is 0. The second-order valence-electron chi connectivity index (χ2n) is 2.42. The van der Waals surface area contributed by atoms with Gasteiger partial charge in [-0.3, -0.25) is 0 Å². The van der Waals surface area contributed by atoms with Gasteiger partial charge in [0, 0.05) is 18.9 Å². The van der Waals surface area contributed by atoms with E-state index in [0.717, 1.165) is 18.8 Å². The highest BCUT2D eigenvalue weighted by Gasteiger charge is 1.97. The molecule has 1 rings (SSSR count). The number of rotatable bonds is 3. The van der Waals surface area contributed by atoms with Crippen LogP contribution < -0.4 is 0 Å². The summed E-state index contributed by atoms with van der Waals surface area (Å²) in [6, 6.07) is 0. The molecule has 0 aliphatic rings. The molecule has 0 amide bonds. The zero-order valence-corrected chi connectivity index (χ0v) is 6.75. The van der Waals surface area contributed by atoms with Gasteiger partial charge in [-0.15, -0.1) is 6.42 Å². The van der Waals surface area contributed by atoms with Crippen molar-refractivity contribution in [3.8, 4) is 12.3 Å². The van der Waals surface area contributed by atoms with Gasteiger partial charge in [-0.05, 0) is 6.42 Å². The summed E-state index contributed by atoms with van der Waals surface area (Å²) in [5, 5.41) is 0. The van der Waals surface area contributed by atoms with Gasteiger partial charge in [-0.25, -0.2) is 4.98 Å². The van der Waals surface area contributed by atoms with E-state index in [9.17, 15) is 0 Å². The lowest BCUT2D eigenvalue weighted by Gasteiger charge is -2.01. The Morgan fingerprint density at radius 2 is 2.55 bits per heavy atom. The van der Waals surface area contributed by atoms with E-state index in [1.807, 2.05) is 6.20 Å². The van der Waals surface area contributed by atoms with Gasteiger partial charge in [-0.2, -0.15) is 0 Å². The summed E-state index contributed by atoms with van der Waals surface area (Å²) < 4.78 is 2.10. The van der Waals surface area contributed by atoms with Gasteiger partial charge in [0.1, 0.15) is 5.82 Å². The second-order valence-corrected chi connectivity index (χ2v) is 2.42. The average molecular weight is 148 g/mol. The Hall–Kier alpha value is -1.23. The molecule has 0 spiro atoms. The molecule has 0 bridgehead atoms. The Labute approximate surface area is 67.3 Å². The molecule has 2 heteroatoms. The molecule has 0 aliphatic heterocycles. The maximum Gasteiger partial charge on any atom is 0.120 e. The molecule has 58 valence electrons. The molecular weight excluding hydrogens is 136 g/mol. The van der Waals surface area contributed by atoms with E-state index in [1.165, 1.54) is 0 Å². The molecule has 0 saturated heterocycles. The minimum absolute atomic E-state index is 0.632. The van der Waals surface area contributed by atoms with Crippen LogP contribution in [0.1, 0.15) is 19.2 Å². The summed E-state index contributed by atoms with van der Waals surface area (Å²) in [5.41, 5.74) is 0. The van der Waals surface area contributed by atoms with Crippen LogP contribution in [0.5, 0.6) is 0 Å². The largest absolute Gasteiger partial charge is 0.334 e. The number of imidazole rings is 1. The van der Waals surface area contributed by atoms with Crippen LogP contribution in [0.25, 0.3) is 0 Å². The average Bonchev–Trinajstić information content (AvgIpc) is 2.39. The molecule has 0 atom stereocenters. The first-order valence-electron chi connectivity index (χ1n) is 3.82. The predicted octanol–water partition coefficient (Wildman–Crippen LogP) is 1.47. The fourth-order valence-electron chi connectivity index (χ4n) is 1.04. The summed E-state index contributed by atoms with van der Waals surface area (Å²) in [7, 11) is 0. The second kappa shape index (κ2) is 3.82. The van der Waals surface area contributed by atoms with Gasteiger partial charge in [0.15, 0.2) is 0 Å². The Bertz CT molecular complexity index is 255. The molecule has 0 saturated carbocycles. The Morgan fingerprint density at radius 1 is 1.73 bits per heavy atom. The highest BCUT2D eigenvalue weighted by molar-refractivity contribution is 5.02. The lowest BCUT2D eigenvalue weighted by molar-refractivity contribution is 0.650. The summed E-state index contributed by atoms with van der Waals surface area (Å²) >= 11 is 0. The number of nitrogens with zero attached hydrogens (tertiary/aromatic N) is 2. The first kappa shape index (κ1) is 7.87. The van der Waals surface area contributed by atoms with Crippen LogP contribution in [0.3, 0.4) is 0 Å². The van der Waals surface area contributed by atoms with Gasteiger partial charge in [-0.1, -0.05) is 12.8 Å². The predicted molar refractivity (Wildman–Crippen MR) is 45.1 cm³/mol. The van der Waals surface area contributed by atoms with Crippen molar-refractivity contribution in [3.63, 3.8) is 0 Å². The topological polar surface area (TPSA) is 17.8 Å². The Morgan fingerprint density at radius 3 is 3.18 bits per heavy atom. The fourth-order valence-corrected chi connectivity index (χ4v) is 1.04. The molecule has 1 heterocycles. The van der Waals surface area contributed by atoms with Crippen LogP contribution in [-0.4, -0.2) is 9.55 Å². The van der Waals surface area contributed by atoms with Crippen LogP contribution in [-0.2, 0) is 13.0 Å². The summed E-state index contributed by atoms with van der Waals surface area (Å²) in [6.07, 6.45) is 10.7. The van der Waals surface area contributed by atoms with Crippen molar-refractivity contribution in [1.29, 1.82) is 0 Å². The van der Waals surface area contributed by atoms with Crippen LogP contribution in [0.2, 0.25) is 0 Å². The minimum Gasteiger partial charge on any atom is -0.334 e. The van der Waals surface area contributed by atoms with Gasteiger partial charge >= 0.3 is 0 Å². The molecule has 0 aliphatic carbocycles. The molecule has 1 aromatic heterocycles. The normalized spacial score (nSPS) is 9.45. The van der Waals surface area contributed by atoms with Crippen molar-refractivity contribution in [2.24, 2.45) is 0 Å². The highest BCUT2D eigenvalue weighted by Crippen LogP contribution is 1.98. The van der Waals surface area contributed by atoms with E-state index < -0.39 is 0 Å². The monoisotopic (exact) mass is 148 g/mol. The van der Waals surface area contributed by atoms with Gasteiger partial charge in [0.25, 0.3) is 0 Å². The quantitative estimate of drug-likeness (QED) is 0.593. The zero-order valence-electron chi connectivity index (χ0n) is 6.75. The van der Waals surface area contributed by atoms with E-state index >= 15 is 0 Å². The van der Waals surface area contributed by atoms with E-state index in [4.69, 9.17) is 6.42 Å². The number of aryl methyl sites for hydroxylation is 1. The van der Waals surface area contributed by atoms with Crippen molar-refractivity contribution in [2.45, 2.75) is 26.3 Å². The maximum absolute atomic E-state index is 5.18. The van der Waals surface area contributed by atoms with Crippen LogP contribution in [0.4, 0.5) is 0 Å². The highest BCUT2D eigenvalue weighted by atomic mass is 15.1. The molecule has 0 fully saturated rings. The molecule has 0 N–H and O–H groups in total. The van der Waals surface area contributed by atoms with Crippen molar-refractivity contribution < 1.29 is 0 Å². The summed E-state index contributed by atoms with van der Waals surface area (Å²) in [4.78, 5) is 4.14. The number of aromatic nitrogens is 2. The van der Waals surface area contributed by atoms with Gasteiger partial charge in [0.05, 0.1) is 6.42 Å². The third-order valence-corrected chi connectivity index (χ3v) is 1.53. The fraction of sp³-hybridized carbons (Fsp3) is 0.444. The number of terminal acetylenes is 1. The summed E-state index contributed by atoms with van der Waals surface area (Å²) in [6.45, 7) is 3.15. The lowest BCUT2D eigenvalue weighted by atomic mass is 10.4. The van der Waals surface area contributed by atoms with Crippen LogP contribution in [0, 0.1) is 12.3 Å². The van der Waals surface area contributed by atoms with E-state index in [0.29, 0.717) is 6.42 Å². The van der Waals surface area contributed by atoms with E-state index in [-0.39, 0.29) is 0 Å². The SMILES string of the molecule is C#CCc1nccn1CCC. The van der Waals surface area contributed by atoms with Gasteiger partial charge in [0.2, 0.25) is 0 Å². The van der Waals surface area contributed by atoms with Gasteiger partial charge < -0.3 is 4.57 Å². The molecule has 0 radical (unpaired) electrons. The van der Waals surface area contributed by atoms with Crippen molar-refractivity contribution in [2.75, 3.05) is 0 Å². The van der Waals surface area contributed by atoms with Crippen molar-refractivity contribution in [3.05, 3.63) is 18.2 Å². The molecular formula is C9H12N2. The Kier molecular flexibility index (Phi) is 2.74. The third kappa shape index (κ3) is 1.84. The standard InChI is InChI=1S/C9H12N2/c1-3-5-9-10-6-8-11(9)7-4-2/h1,6,8H,4-5,7H2,2H3. The minimum atomic E-state index is 0.632. The summed E-state index contributed by atoms with van der Waals surface area (Å²) in [5.74, 6) is 3.58. The van der Waals surface area contributed by atoms with E-state index in [1.54, 1.807) is 6.20 Å². The van der Waals surface area contributed by atoms with Crippen molar-refractivity contribution >= 4 is 0 Å². The molecule has 1 aromatic rings. The third-order valence-electron chi connectivity index (χ3n) is 1.53. The van der Waals surface area contributed by atoms with Crippen molar-refractivity contribution in [1.82, 2.24) is 9.55 Å². The molecule has 0 unspecified atom stereocenters. The lowest BCUT2D eigenvalue weighted by Crippen LogP contribution is -2.01. The number of hydrogen-bond acceptors (Lipinski definition) is 1. The first-order chi connectivity index (χ1) is 5.38. The molecule has 11 heavy (non-hydrogen) atoms. The van der Waals surface area contributed by atoms with Crippen LogP contribution in [0.15, 0.2) is 12.4 Å².